The number of rotatable bonds is 7. The van der Waals surface area contributed by atoms with E-state index in [4.69, 9.17) is 4.74 Å². The van der Waals surface area contributed by atoms with Crippen molar-refractivity contribution in [2.24, 2.45) is 0 Å². The molecule has 0 saturated heterocycles. The fourth-order valence-electron chi connectivity index (χ4n) is 2.12. The van der Waals surface area contributed by atoms with Crippen molar-refractivity contribution in [3.63, 3.8) is 0 Å². The minimum atomic E-state index is -0.982. The highest BCUT2D eigenvalue weighted by atomic mass is 16.5. The number of ether oxygens (including phenoxy) is 1. The summed E-state index contributed by atoms with van der Waals surface area (Å²) in [5.41, 5.74) is 1.65. The van der Waals surface area contributed by atoms with E-state index >= 15 is 0 Å². The number of hydrogen-bond donors (Lipinski definition) is 3. The van der Waals surface area contributed by atoms with Gasteiger partial charge in [0, 0.05) is 12.1 Å². The Kier molecular flexibility index (Phi) is 5.75. The van der Waals surface area contributed by atoms with Crippen LogP contribution >= 0.6 is 0 Å². The van der Waals surface area contributed by atoms with Crippen molar-refractivity contribution in [1.29, 1.82) is 0 Å². The van der Waals surface area contributed by atoms with Gasteiger partial charge in [-0.1, -0.05) is 48.5 Å². The Morgan fingerprint density at radius 2 is 1.67 bits per heavy atom. The molecular weight excluding hydrogens is 266 g/mol. The fraction of sp³-hybridized carbons (Fsp3) is 0.294. The maximum atomic E-state index is 10.2. The zero-order valence-electron chi connectivity index (χ0n) is 12.1. The monoisotopic (exact) mass is 287 g/mol. The van der Waals surface area contributed by atoms with E-state index in [1.807, 2.05) is 42.5 Å². The predicted molar refractivity (Wildman–Crippen MR) is 82.1 cm³/mol. The van der Waals surface area contributed by atoms with E-state index < -0.39 is 12.2 Å². The third-order valence-corrected chi connectivity index (χ3v) is 3.25. The number of benzene rings is 2. The van der Waals surface area contributed by atoms with Gasteiger partial charge in [-0.3, -0.25) is 0 Å². The number of aliphatic hydroxyl groups excluding tert-OH is 2. The number of aliphatic hydroxyl groups is 2. The van der Waals surface area contributed by atoms with Crippen LogP contribution in [0.4, 0.5) is 0 Å². The number of hydrogen-bond acceptors (Lipinski definition) is 4. The third-order valence-electron chi connectivity index (χ3n) is 3.25. The molecule has 0 amide bonds. The summed E-state index contributed by atoms with van der Waals surface area (Å²) in [5, 5.41) is 23.0. The van der Waals surface area contributed by atoms with Crippen LogP contribution < -0.4 is 10.1 Å². The van der Waals surface area contributed by atoms with Crippen LogP contribution in [-0.2, 0) is 6.61 Å². The average Bonchev–Trinajstić information content (AvgIpc) is 2.54. The number of para-hydroxylation sites is 1. The van der Waals surface area contributed by atoms with Gasteiger partial charge < -0.3 is 20.3 Å². The van der Waals surface area contributed by atoms with Gasteiger partial charge in [-0.2, -0.15) is 0 Å². The smallest absolute Gasteiger partial charge is 0.125 e. The predicted octanol–water partition coefficient (Wildman–Crippen LogP) is 1.88. The first-order valence-electron chi connectivity index (χ1n) is 6.98. The SMILES string of the molecule is CNCC(O)C(O)c1ccccc1OCc1ccccc1. The van der Waals surface area contributed by atoms with Crippen molar-refractivity contribution in [1.82, 2.24) is 5.32 Å². The first kappa shape index (κ1) is 15.5. The molecule has 4 nitrogen and oxygen atoms in total. The van der Waals surface area contributed by atoms with E-state index in [2.05, 4.69) is 5.32 Å². The molecule has 2 rings (SSSR count). The van der Waals surface area contributed by atoms with Gasteiger partial charge in [0.15, 0.2) is 0 Å². The van der Waals surface area contributed by atoms with E-state index in [1.54, 1.807) is 19.2 Å². The van der Waals surface area contributed by atoms with Crippen LogP contribution in [0.5, 0.6) is 5.75 Å². The van der Waals surface area contributed by atoms with Crippen LogP contribution in [0.1, 0.15) is 17.2 Å². The molecule has 0 aromatic heterocycles. The van der Waals surface area contributed by atoms with Crippen LogP contribution in [0.25, 0.3) is 0 Å². The molecule has 2 aromatic rings. The van der Waals surface area contributed by atoms with E-state index in [9.17, 15) is 10.2 Å². The van der Waals surface area contributed by atoms with Crippen molar-refractivity contribution in [3.8, 4) is 5.75 Å². The molecule has 2 aromatic carbocycles. The average molecular weight is 287 g/mol. The molecular formula is C17H21NO3. The molecule has 3 N–H and O–H groups in total. The molecule has 0 spiro atoms. The second-order valence-electron chi connectivity index (χ2n) is 4.88. The van der Waals surface area contributed by atoms with E-state index in [0.717, 1.165) is 5.56 Å². The second kappa shape index (κ2) is 7.78. The molecule has 0 bridgehead atoms. The topological polar surface area (TPSA) is 61.7 Å². The molecule has 0 radical (unpaired) electrons. The summed E-state index contributed by atoms with van der Waals surface area (Å²) in [4.78, 5) is 0. The molecule has 0 heterocycles. The Balaban J connectivity index is 2.09. The molecule has 112 valence electrons. The summed E-state index contributed by atoms with van der Waals surface area (Å²) in [6.07, 6.45) is -1.86. The van der Waals surface area contributed by atoms with Crippen LogP contribution in [0.2, 0.25) is 0 Å². The van der Waals surface area contributed by atoms with Crippen molar-refractivity contribution in [2.75, 3.05) is 13.6 Å². The summed E-state index contributed by atoms with van der Waals surface area (Å²) in [7, 11) is 1.73. The lowest BCUT2D eigenvalue weighted by Crippen LogP contribution is -2.29. The van der Waals surface area contributed by atoms with Gasteiger partial charge >= 0.3 is 0 Å². The maximum Gasteiger partial charge on any atom is 0.125 e. The second-order valence-corrected chi connectivity index (χ2v) is 4.88. The molecule has 21 heavy (non-hydrogen) atoms. The Morgan fingerprint density at radius 3 is 2.38 bits per heavy atom. The molecule has 0 fully saturated rings. The van der Waals surface area contributed by atoms with E-state index in [1.165, 1.54) is 0 Å². The van der Waals surface area contributed by atoms with Gasteiger partial charge in [0.05, 0.1) is 6.10 Å². The lowest BCUT2D eigenvalue weighted by atomic mass is 10.0. The first-order valence-corrected chi connectivity index (χ1v) is 6.98. The fourth-order valence-corrected chi connectivity index (χ4v) is 2.12. The first-order chi connectivity index (χ1) is 10.2. The van der Waals surface area contributed by atoms with Gasteiger partial charge in [-0.15, -0.1) is 0 Å². The zero-order chi connectivity index (χ0) is 15.1. The Hall–Kier alpha value is -1.88. The largest absolute Gasteiger partial charge is 0.489 e. The van der Waals surface area contributed by atoms with Gasteiger partial charge in [-0.25, -0.2) is 0 Å². The van der Waals surface area contributed by atoms with Gasteiger partial charge in [0.2, 0.25) is 0 Å². The summed E-state index contributed by atoms with van der Waals surface area (Å²) < 4.78 is 5.78. The minimum absolute atomic E-state index is 0.314. The van der Waals surface area contributed by atoms with E-state index in [-0.39, 0.29) is 0 Å². The minimum Gasteiger partial charge on any atom is -0.489 e. The summed E-state index contributed by atoms with van der Waals surface area (Å²) in [5.74, 6) is 0.587. The van der Waals surface area contributed by atoms with Crippen LogP contribution in [0, 0.1) is 0 Å². The molecule has 0 aliphatic carbocycles. The normalized spacial score (nSPS) is 13.7. The van der Waals surface area contributed by atoms with Crippen molar-refractivity contribution < 1.29 is 14.9 Å². The van der Waals surface area contributed by atoms with Crippen molar-refractivity contribution in [3.05, 3.63) is 65.7 Å². The molecule has 0 aliphatic rings. The van der Waals surface area contributed by atoms with Gasteiger partial charge in [0.1, 0.15) is 18.5 Å². The molecule has 0 saturated carbocycles. The van der Waals surface area contributed by atoms with Crippen LogP contribution in [-0.4, -0.2) is 29.9 Å². The lowest BCUT2D eigenvalue weighted by Gasteiger charge is -2.20. The number of nitrogens with one attached hydrogen (secondary N) is 1. The molecule has 0 aliphatic heterocycles. The Labute approximate surface area is 125 Å². The summed E-state index contributed by atoms with van der Waals surface area (Å²) >= 11 is 0. The van der Waals surface area contributed by atoms with Crippen molar-refractivity contribution >= 4 is 0 Å². The third kappa shape index (κ3) is 4.29. The summed E-state index contributed by atoms with van der Waals surface area (Å²) in [6, 6.07) is 17.1. The maximum absolute atomic E-state index is 10.2. The quantitative estimate of drug-likeness (QED) is 0.727. The summed E-state index contributed by atoms with van der Waals surface area (Å²) in [6.45, 7) is 0.737. The van der Waals surface area contributed by atoms with Gasteiger partial charge in [0.25, 0.3) is 0 Å². The molecule has 4 heteroatoms. The molecule has 2 unspecified atom stereocenters. The highest BCUT2D eigenvalue weighted by molar-refractivity contribution is 5.36. The Bertz CT molecular complexity index is 545. The van der Waals surface area contributed by atoms with Crippen molar-refractivity contribution in [2.45, 2.75) is 18.8 Å². The standard InChI is InChI=1S/C17H21NO3/c1-18-11-15(19)17(20)14-9-5-6-10-16(14)21-12-13-7-3-2-4-8-13/h2-10,15,17-20H,11-12H2,1H3. The lowest BCUT2D eigenvalue weighted by molar-refractivity contribution is 0.0184. The molecule has 2 atom stereocenters. The number of likely N-dealkylation sites (N-methyl/N-ethyl adjacent to an activating group) is 1. The van der Waals surface area contributed by atoms with Crippen LogP contribution in [0.15, 0.2) is 54.6 Å². The highest BCUT2D eigenvalue weighted by Gasteiger charge is 2.21. The van der Waals surface area contributed by atoms with Crippen LogP contribution in [0.3, 0.4) is 0 Å². The van der Waals surface area contributed by atoms with E-state index in [0.29, 0.717) is 24.5 Å². The zero-order valence-corrected chi connectivity index (χ0v) is 12.1. The Morgan fingerprint density at radius 1 is 1.00 bits per heavy atom. The van der Waals surface area contributed by atoms with Gasteiger partial charge in [-0.05, 0) is 18.7 Å². The highest BCUT2D eigenvalue weighted by Crippen LogP contribution is 2.27.